The molecule has 116 valence electrons. The Hall–Kier alpha value is -1.02. The molecule has 0 bridgehead atoms. The van der Waals surface area contributed by atoms with Gasteiger partial charge in [-0.05, 0) is 62.1 Å². The molecule has 2 nitrogen and oxygen atoms in total. The van der Waals surface area contributed by atoms with E-state index < -0.39 is 0 Å². The predicted molar refractivity (Wildman–Crippen MR) is 87.7 cm³/mol. The molecule has 21 heavy (non-hydrogen) atoms. The fraction of sp³-hybridized carbons (Fsp3) is 0.684. The molecule has 0 amide bonds. The maximum atomic E-state index is 5.95. The summed E-state index contributed by atoms with van der Waals surface area (Å²) in [5.74, 6) is 1.07. The third-order valence-corrected chi connectivity index (χ3v) is 5.06. The smallest absolute Gasteiger partial charge is 0.123 e. The lowest BCUT2D eigenvalue weighted by Crippen LogP contribution is -2.35. The molecular formula is C19H29NO. The van der Waals surface area contributed by atoms with Crippen molar-refractivity contribution < 1.29 is 4.74 Å². The number of ether oxygens (including phenoxy) is 1. The van der Waals surface area contributed by atoms with Crippen LogP contribution in [0.15, 0.2) is 18.2 Å². The summed E-state index contributed by atoms with van der Waals surface area (Å²) in [5, 5.41) is 3.75. The van der Waals surface area contributed by atoms with Crippen molar-refractivity contribution in [3.8, 4) is 5.75 Å². The summed E-state index contributed by atoms with van der Waals surface area (Å²) in [6.07, 6.45) is 6.34. The predicted octanol–water partition coefficient (Wildman–Crippen LogP) is 4.46. The van der Waals surface area contributed by atoms with Gasteiger partial charge >= 0.3 is 0 Å². The lowest BCUT2D eigenvalue weighted by molar-refractivity contribution is 0.138. The Morgan fingerprint density at radius 3 is 2.57 bits per heavy atom. The molecule has 1 aromatic carbocycles. The number of hydrogen-bond donors (Lipinski definition) is 1. The van der Waals surface area contributed by atoms with Crippen molar-refractivity contribution in [1.29, 1.82) is 0 Å². The fourth-order valence-corrected chi connectivity index (χ4v) is 3.64. The van der Waals surface area contributed by atoms with Crippen LogP contribution in [0.5, 0.6) is 5.75 Å². The topological polar surface area (TPSA) is 21.3 Å². The van der Waals surface area contributed by atoms with E-state index in [-0.39, 0.29) is 5.60 Å². The van der Waals surface area contributed by atoms with Crippen molar-refractivity contribution in [3.63, 3.8) is 0 Å². The van der Waals surface area contributed by atoms with Crippen LogP contribution in [0.2, 0.25) is 0 Å². The fourth-order valence-electron chi connectivity index (χ4n) is 3.64. The zero-order valence-corrected chi connectivity index (χ0v) is 14.0. The third-order valence-electron chi connectivity index (χ3n) is 5.06. The molecule has 1 aromatic rings. The average Bonchev–Trinajstić information content (AvgIpc) is 2.70. The van der Waals surface area contributed by atoms with Crippen LogP contribution >= 0.6 is 0 Å². The summed E-state index contributed by atoms with van der Waals surface area (Å²) in [6.45, 7) is 10.1. The van der Waals surface area contributed by atoms with Gasteiger partial charge in [0.1, 0.15) is 11.4 Å². The highest BCUT2D eigenvalue weighted by atomic mass is 16.5. The van der Waals surface area contributed by atoms with E-state index in [1.807, 2.05) is 0 Å². The van der Waals surface area contributed by atoms with Gasteiger partial charge in [-0.1, -0.05) is 26.0 Å². The van der Waals surface area contributed by atoms with Gasteiger partial charge in [0.2, 0.25) is 0 Å². The van der Waals surface area contributed by atoms with Gasteiger partial charge in [-0.2, -0.15) is 0 Å². The normalized spacial score (nSPS) is 23.6. The van der Waals surface area contributed by atoms with Crippen molar-refractivity contribution in [1.82, 2.24) is 5.32 Å². The molecule has 1 fully saturated rings. The molecule has 1 heterocycles. The van der Waals surface area contributed by atoms with E-state index in [0.717, 1.165) is 18.7 Å². The molecule has 2 heteroatoms. The van der Waals surface area contributed by atoms with Gasteiger partial charge in [0.05, 0.1) is 0 Å². The van der Waals surface area contributed by atoms with Gasteiger partial charge in [0.25, 0.3) is 0 Å². The summed E-state index contributed by atoms with van der Waals surface area (Å²) in [4.78, 5) is 0. The van der Waals surface area contributed by atoms with E-state index in [4.69, 9.17) is 4.74 Å². The first-order chi connectivity index (χ1) is 9.83. The molecule has 1 saturated carbocycles. The van der Waals surface area contributed by atoms with E-state index in [2.05, 4.69) is 51.2 Å². The quantitative estimate of drug-likeness (QED) is 0.886. The summed E-state index contributed by atoms with van der Waals surface area (Å²) in [6, 6.07) is 7.37. The summed E-state index contributed by atoms with van der Waals surface area (Å²) >= 11 is 0. The van der Waals surface area contributed by atoms with E-state index >= 15 is 0 Å². The maximum absolute atomic E-state index is 5.95. The molecule has 1 N–H and O–H groups in total. The molecule has 1 aliphatic heterocycles. The summed E-state index contributed by atoms with van der Waals surface area (Å²) < 4.78 is 5.95. The van der Waals surface area contributed by atoms with Gasteiger partial charge in [0.15, 0.2) is 0 Å². The molecule has 0 atom stereocenters. The summed E-state index contributed by atoms with van der Waals surface area (Å²) in [7, 11) is 0. The van der Waals surface area contributed by atoms with Crippen LogP contribution in [-0.2, 0) is 13.0 Å². The lowest BCUT2D eigenvalue weighted by atomic mass is 9.75. The van der Waals surface area contributed by atoms with E-state index in [1.54, 1.807) is 0 Å². The highest BCUT2D eigenvalue weighted by Gasteiger charge is 2.30. The van der Waals surface area contributed by atoms with E-state index in [1.165, 1.54) is 36.8 Å². The Morgan fingerprint density at radius 1 is 1.14 bits per heavy atom. The van der Waals surface area contributed by atoms with Gasteiger partial charge in [-0.15, -0.1) is 0 Å². The van der Waals surface area contributed by atoms with Crippen molar-refractivity contribution in [2.45, 2.75) is 78.0 Å². The minimum absolute atomic E-state index is 0.0384. The zero-order chi connectivity index (χ0) is 15.1. The van der Waals surface area contributed by atoms with Crippen LogP contribution in [-0.4, -0.2) is 11.6 Å². The van der Waals surface area contributed by atoms with Crippen molar-refractivity contribution in [3.05, 3.63) is 29.3 Å². The van der Waals surface area contributed by atoms with Crippen molar-refractivity contribution >= 4 is 0 Å². The largest absolute Gasteiger partial charge is 0.487 e. The molecule has 0 radical (unpaired) electrons. The second-order valence-corrected chi connectivity index (χ2v) is 8.30. The number of hydrogen-bond acceptors (Lipinski definition) is 2. The molecule has 0 saturated heterocycles. The van der Waals surface area contributed by atoms with E-state index in [0.29, 0.717) is 11.5 Å². The van der Waals surface area contributed by atoms with E-state index in [9.17, 15) is 0 Å². The first-order valence-electron chi connectivity index (χ1n) is 8.37. The molecule has 0 spiro atoms. The van der Waals surface area contributed by atoms with Gasteiger partial charge in [-0.25, -0.2) is 0 Å². The molecular weight excluding hydrogens is 258 g/mol. The van der Waals surface area contributed by atoms with Crippen LogP contribution in [0, 0.1) is 5.41 Å². The highest BCUT2D eigenvalue weighted by molar-refractivity contribution is 5.41. The Balaban J connectivity index is 1.56. The van der Waals surface area contributed by atoms with Gasteiger partial charge in [-0.3, -0.25) is 0 Å². The highest BCUT2D eigenvalue weighted by Crippen LogP contribution is 2.36. The average molecular weight is 287 g/mol. The number of benzene rings is 1. The molecule has 0 aromatic heterocycles. The maximum Gasteiger partial charge on any atom is 0.123 e. The monoisotopic (exact) mass is 287 g/mol. The van der Waals surface area contributed by atoms with Crippen molar-refractivity contribution in [2.24, 2.45) is 5.41 Å². The minimum Gasteiger partial charge on any atom is -0.487 e. The molecule has 3 rings (SSSR count). The van der Waals surface area contributed by atoms with Gasteiger partial charge < -0.3 is 10.1 Å². The van der Waals surface area contributed by atoms with Crippen LogP contribution in [0.4, 0.5) is 0 Å². The number of nitrogens with one attached hydrogen (secondary N) is 1. The SMILES string of the molecule is CC1(C)CCC(NCc2ccc3c(c2)CC(C)(C)O3)CC1. The second-order valence-electron chi connectivity index (χ2n) is 8.30. The molecule has 0 unspecified atom stereocenters. The lowest BCUT2D eigenvalue weighted by Gasteiger charge is -2.34. The number of fused-ring (bicyclic) bond motifs is 1. The Kier molecular flexibility index (Phi) is 3.77. The van der Waals surface area contributed by atoms with Crippen LogP contribution in [0.1, 0.15) is 64.5 Å². The Morgan fingerprint density at radius 2 is 1.86 bits per heavy atom. The summed E-state index contributed by atoms with van der Waals surface area (Å²) in [5.41, 5.74) is 3.27. The standard InChI is InChI=1S/C19H29NO/c1-18(2)9-7-16(8-10-18)20-13-14-5-6-17-15(11-14)12-19(3,4)21-17/h5-6,11,16,20H,7-10,12-13H2,1-4H3. The Labute approximate surface area is 129 Å². The van der Waals surface area contributed by atoms with Crippen molar-refractivity contribution in [2.75, 3.05) is 0 Å². The van der Waals surface area contributed by atoms with Gasteiger partial charge in [0, 0.05) is 19.0 Å². The Bertz CT molecular complexity index is 508. The second kappa shape index (κ2) is 5.31. The molecule has 2 aliphatic rings. The zero-order valence-electron chi connectivity index (χ0n) is 14.0. The molecule has 1 aliphatic carbocycles. The third kappa shape index (κ3) is 3.60. The first kappa shape index (κ1) is 14.9. The van der Waals surface area contributed by atoms with Crippen LogP contribution in [0.25, 0.3) is 0 Å². The van der Waals surface area contributed by atoms with Crippen LogP contribution in [0.3, 0.4) is 0 Å². The number of rotatable bonds is 3. The van der Waals surface area contributed by atoms with Crippen LogP contribution < -0.4 is 10.1 Å². The first-order valence-corrected chi connectivity index (χ1v) is 8.37. The minimum atomic E-state index is -0.0384.